The average molecular weight is 240 g/mol. The minimum Gasteiger partial charge on any atom is -0.209 e. The Morgan fingerprint density at radius 1 is 1.69 bits per heavy atom. The molecule has 0 saturated carbocycles. The molecule has 0 radical (unpaired) electrons. The molecule has 0 fully saturated rings. The van der Waals surface area contributed by atoms with Crippen molar-refractivity contribution in [3.8, 4) is 0 Å². The van der Waals surface area contributed by atoms with Crippen LogP contribution < -0.4 is 4.72 Å². The minimum atomic E-state index is -3.33. The van der Waals surface area contributed by atoms with E-state index in [1.165, 1.54) is 11.3 Å². The Hall–Kier alpha value is -0.100. The van der Waals surface area contributed by atoms with Crippen LogP contribution in [0.3, 0.4) is 0 Å². The van der Waals surface area contributed by atoms with Gasteiger partial charge in [0.25, 0.3) is 0 Å². The summed E-state index contributed by atoms with van der Waals surface area (Å²) in [5.41, 5.74) is 0. The Bertz CT molecular complexity index is 345. The van der Waals surface area contributed by atoms with Gasteiger partial charge in [-0.1, -0.05) is 6.07 Å². The number of nitrogens with one attached hydrogen (secondary N) is 1. The third-order valence-corrected chi connectivity index (χ3v) is 4.29. The van der Waals surface area contributed by atoms with Gasteiger partial charge >= 0.3 is 0 Å². The van der Waals surface area contributed by atoms with Gasteiger partial charge in [-0.3, -0.25) is 0 Å². The van der Waals surface area contributed by atoms with Crippen LogP contribution in [0.5, 0.6) is 0 Å². The van der Waals surface area contributed by atoms with Crippen LogP contribution in [0.2, 0.25) is 0 Å². The molecule has 74 valence electrons. The average Bonchev–Trinajstić information content (AvgIpc) is 2.53. The molecule has 0 aliphatic heterocycles. The maximum absolute atomic E-state index is 11.4. The van der Waals surface area contributed by atoms with Gasteiger partial charge in [-0.2, -0.15) is 0 Å². The monoisotopic (exact) mass is 239 g/mol. The van der Waals surface area contributed by atoms with Gasteiger partial charge in [0.05, 0.1) is 0 Å². The van der Waals surface area contributed by atoms with E-state index in [-0.39, 0.29) is 11.9 Å². The number of thiophene rings is 1. The van der Waals surface area contributed by atoms with Crippen LogP contribution in [0.15, 0.2) is 21.7 Å². The van der Waals surface area contributed by atoms with Crippen LogP contribution >= 0.6 is 22.9 Å². The van der Waals surface area contributed by atoms with Gasteiger partial charge < -0.3 is 0 Å². The SMILES string of the molecule is CC(Cl)CNS(=O)(=O)c1cccs1. The highest BCUT2D eigenvalue weighted by Crippen LogP contribution is 2.15. The van der Waals surface area contributed by atoms with Crippen molar-refractivity contribution in [1.82, 2.24) is 4.72 Å². The zero-order chi connectivity index (χ0) is 9.90. The van der Waals surface area contributed by atoms with Crippen LogP contribution in [-0.4, -0.2) is 20.3 Å². The molecule has 1 N–H and O–H groups in total. The number of rotatable bonds is 4. The highest BCUT2D eigenvalue weighted by atomic mass is 35.5. The van der Waals surface area contributed by atoms with E-state index in [9.17, 15) is 8.42 Å². The Morgan fingerprint density at radius 3 is 2.85 bits per heavy atom. The van der Waals surface area contributed by atoms with Crippen molar-refractivity contribution in [3.05, 3.63) is 17.5 Å². The molecule has 6 heteroatoms. The van der Waals surface area contributed by atoms with E-state index in [0.29, 0.717) is 4.21 Å². The minimum absolute atomic E-state index is 0.199. The predicted molar refractivity (Wildman–Crippen MR) is 54.8 cm³/mol. The third-order valence-electron chi connectivity index (χ3n) is 1.31. The van der Waals surface area contributed by atoms with E-state index < -0.39 is 10.0 Å². The summed E-state index contributed by atoms with van der Waals surface area (Å²) in [6.07, 6.45) is 0. The first-order valence-corrected chi connectivity index (χ1v) is 6.49. The molecule has 0 saturated heterocycles. The largest absolute Gasteiger partial charge is 0.250 e. The zero-order valence-electron chi connectivity index (χ0n) is 7.03. The topological polar surface area (TPSA) is 46.2 Å². The van der Waals surface area contributed by atoms with E-state index in [1.54, 1.807) is 24.4 Å². The summed E-state index contributed by atoms with van der Waals surface area (Å²) < 4.78 is 25.6. The summed E-state index contributed by atoms with van der Waals surface area (Å²) >= 11 is 6.81. The Morgan fingerprint density at radius 2 is 2.38 bits per heavy atom. The molecule has 13 heavy (non-hydrogen) atoms. The van der Waals surface area contributed by atoms with E-state index >= 15 is 0 Å². The van der Waals surface area contributed by atoms with Crippen molar-refractivity contribution in [1.29, 1.82) is 0 Å². The molecular weight excluding hydrogens is 230 g/mol. The molecule has 0 bridgehead atoms. The normalized spacial score (nSPS) is 14.3. The zero-order valence-corrected chi connectivity index (χ0v) is 9.42. The maximum atomic E-state index is 11.4. The molecule has 1 heterocycles. The second-order valence-corrected chi connectivity index (χ2v) is 6.25. The molecular formula is C7H10ClNO2S2. The van der Waals surface area contributed by atoms with Crippen LogP contribution in [0, 0.1) is 0 Å². The quantitative estimate of drug-likeness (QED) is 0.813. The number of hydrogen-bond donors (Lipinski definition) is 1. The van der Waals surface area contributed by atoms with Crippen LogP contribution in [0.1, 0.15) is 6.92 Å². The predicted octanol–water partition coefficient (Wildman–Crippen LogP) is 1.65. The maximum Gasteiger partial charge on any atom is 0.250 e. The Balaban J connectivity index is 2.68. The van der Waals surface area contributed by atoms with Gasteiger partial charge in [0.1, 0.15) is 4.21 Å². The highest BCUT2D eigenvalue weighted by Gasteiger charge is 2.14. The van der Waals surface area contributed by atoms with E-state index in [4.69, 9.17) is 11.6 Å². The van der Waals surface area contributed by atoms with Crippen molar-refractivity contribution < 1.29 is 8.42 Å². The summed E-state index contributed by atoms with van der Waals surface area (Å²) in [4.78, 5) is 0. The van der Waals surface area contributed by atoms with Gasteiger partial charge in [0.15, 0.2) is 0 Å². The molecule has 0 amide bonds. The fraction of sp³-hybridized carbons (Fsp3) is 0.429. The summed E-state index contributed by atoms with van der Waals surface area (Å²) in [6.45, 7) is 1.99. The lowest BCUT2D eigenvalue weighted by atomic mass is 10.5. The smallest absolute Gasteiger partial charge is 0.209 e. The lowest BCUT2D eigenvalue weighted by Crippen LogP contribution is -2.28. The highest BCUT2D eigenvalue weighted by molar-refractivity contribution is 7.91. The number of halogens is 1. The van der Waals surface area contributed by atoms with Gasteiger partial charge in [0.2, 0.25) is 10.0 Å². The first-order chi connectivity index (χ1) is 6.02. The molecule has 3 nitrogen and oxygen atoms in total. The van der Waals surface area contributed by atoms with E-state index in [2.05, 4.69) is 4.72 Å². The molecule has 0 aliphatic rings. The van der Waals surface area contributed by atoms with Gasteiger partial charge in [-0.15, -0.1) is 22.9 Å². The fourth-order valence-electron chi connectivity index (χ4n) is 0.712. The van der Waals surface area contributed by atoms with Crippen molar-refractivity contribution in [3.63, 3.8) is 0 Å². The van der Waals surface area contributed by atoms with Crippen molar-refractivity contribution >= 4 is 33.0 Å². The van der Waals surface area contributed by atoms with Crippen molar-refractivity contribution in [2.45, 2.75) is 16.5 Å². The second-order valence-electron chi connectivity index (χ2n) is 2.56. The van der Waals surface area contributed by atoms with E-state index in [1.807, 2.05) is 0 Å². The number of alkyl halides is 1. The summed E-state index contributed by atoms with van der Waals surface area (Å²) in [5.74, 6) is 0. The molecule has 0 aromatic carbocycles. The van der Waals surface area contributed by atoms with Crippen molar-refractivity contribution in [2.24, 2.45) is 0 Å². The Kier molecular flexibility index (Phi) is 3.73. The molecule has 1 unspecified atom stereocenters. The van der Waals surface area contributed by atoms with Crippen LogP contribution in [0.25, 0.3) is 0 Å². The summed E-state index contributed by atoms with van der Waals surface area (Å²) in [5, 5.41) is 1.52. The lowest BCUT2D eigenvalue weighted by molar-refractivity contribution is 0.583. The lowest BCUT2D eigenvalue weighted by Gasteiger charge is -2.04. The first kappa shape index (κ1) is 11.0. The molecule has 0 spiro atoms. The molecule has 1 rings (SSSR count). The molecule has 1 aromatic heterocycles. The van der Waals surface area contributed by atoms with Gasteiger partial charge in [0, 0.05) is 11.9 Å². The summed E-state index contributed by atoms with van der Waals surface area (Å²) in [7, 11) is -3.33. The van der Waals surface area contributed by atoms with Gasteiger partial charge in [-0.05, 0) is 18.4 Å². The molecule has 0 aliphatic carbocycles. The summed E-state index contributed by atoms with van der Waals surface area (Å²) in [6, 6.07) is 3.26. The Labute approximate surface area is 86.8 Å². The molecule has 1 aromatic rings. The van der Waals surface area contributed by atoms with Crippen LogP contribution in [-0.2, 0) is 10.0 Å². The fourth-order valence-corrected chi connectivity index (χ4v) is 3.05. The standard InChI is InChI=1S/C7H10ClNO2S2/c1-6(8)5-9-13(10,11)7-3-2-4-12-7/h2-4,6,9H,5H2,1H3. The van der Waals surface area contributed by atoms with Gasteiger partial charge in [-0.25, -0.2) is 13.1 Å². The first-order valence-electron chi connectivity index (χ1n) is 3.69. The van der Waals surface area contributed by atoms with E-state index in [0.717, 1.165) is 0 Å². The number of sulfonamides is 1. The van der Waals surface area contributed by atoms with Crippen molar-refractivity contribution in [2.75, 3.05) is 6.54 Å². The third kappa shape index (κ3) is 3.27. The second kappa shape index (κ2) is 4.41. The van der Waals surface area contributed by atoms with Crippen LogP contribution in [0.4, 0.5) is 0 Å². The number of hydrogen-bond acceptors (Lipinski definition) is 3. The molecule has 1 atom stereocenters.